The molecule has 1 unspecified atom stereocenters. The van der Waals surface area contributed by atoms with Gasteiger partial charge in [-0.25, -0.2) is 4.79 Å². The predicted molar refractivity (Wildman–Crippen MR) is 73.5 cm³/mol. The fraction of sp³-hybridized carbons (Fsp3) is 0.462. The lowest BCUT2D eigenvalue weighted by Crippen LogP contribution is -2.47. The summed E-state index contributed by atoms with van der Waals surface area (Å²) in [5.41, 5.74) is 1.09. The van der Waals surface area contributed by atoms with Gasteiger partial charge in [-0.2, -0.15) is 0 Å². The number of urea groups is 1. The number of carbonyl (C=O) groups excluding carboxylic acids is 1. The number of hydrogen-bond donors (Lipinski definition) is 1. The molecule has 1 aliphatic rings. The lowest BCUT2D eigenvalue weighted by Gasteiger charge is -2.33. The molecule has 1 heterocycles. The minimum Gasteiger partial charge on any atom is -0.370 e. The van der Waals surface area contributed by atoms with E-state index in [1.165, 1.54) is 0 Å². The number of carbonyl (C=O) groups is 1. The third-order valence-corrected chi connectivity index (χ3v) is 3.66. The Morgan fingerprint density at radius 2 is 2.33 bits per heavy atom. The lowest BCUT2D eigenvalue weighted by atomic mass is 10.1. The summed E-state index contributed by atoms with van der Waals surface area (Å²) in [7, 11) is 0. The van der Waals surface area contributed by atoms with Crippen LogP contribution in [0.25, 0.3) is 0 Å². The van der Waals surface area contributed by atoms with E-state index >= 15 is 0 Å². The zero-order chi connectivity index (χ0) is 13.0. The van der Waals surface area contributed by atoms with E-state index in [1.807, 2.05) is 31.2 Å². The number of ether oxygens (including phenoxy) is 1. The van der Waals surface area contributed by atoms with Gasteiger partial charge in [-0.05, 0) is 18.6 Å². The summed E-state index contributed by atoms with van der Waals surface area (Å²) in [6, 6.07) is 7.95. The maximum Gasteiger partial charge on any atom is 0.317 e. The zero-order valence-corrected chi connectivity index (χ0v) is 11.9. The minimum absolute atomic E-state index is 0.0159. The zero-order valence-electron chi connectivity index (χ0n) is 10.4. The molecule has 4 nitrogen and oxygen atoms in total. The van der Waals surface area contributed by atoms with Gasteiger partial charge in [0.2, 0.25) is 0 Å². The summed E-state index contributed by atoms with van der Waals surface area (Å²) in [5.74, 6) is 0. The Bertz CT molecular complexity index is 425. The Morgan fingerprint density at radius 3 is 3.06 bits per heavy atom. The Labute approximate surface area is 115 Å². The van der Waals surface area contributed by atoms with E-state index in [1.54, 1.807) is 4.90 Å². The second-order valence-electron chi connectivity index (χ2n) is 4.16. The summed E-state index contributed by atoms with van der Waals surface area (Å²) < 4.78 is 6.77. The van der Waals surface area contributed by atoms with Crippen LogP contribution in [0.15, 0.2) is 28.7 Å². The highest BCUT2D eigenvalue weighted by Gasteiger charge is 2.26. The first-order chi connectivity index (χ1) is 8.72. The van der Waals surface area contributed by atoms with Crippen LogP contribution in [-0.4, -0.2) is 37.2 Å². The van der Waals surface area contributed by atoms with Gasteiger partial charge in [0, 0.05) is 17.6 Å². The largest absolute Gasteiger partial charge is 0.370 e. The molecule has 0 aromatic heterocycles. The molecule has 1 saturated heterocycles. The molecule has 98 valence electrons. The van der Waals surface area contributed by atoms with Crippen molar-refractivity contribution in [2.45, 2.75) is 13.0 Å². The fourth-order valence-electron chi connectivity index (χ4n) is 2.02. The lowest BCUT2D eigenvalue weighted by molar-refractivity contribution is -0.0157. The van der Waals surface area contributed by atoms with Gasteiger partial charge in [-0.3, -0.25) is 0 Å². The maximum atomic E-state index is 11.8. The minimum atomic E-state index is -0.0584. The highest BCUT2D eigenvalue weighted by molar-refractivity contribution is 9.10. The Hall–Kier alpha value is -1.07. The quantitative estimate of drug-likeness (QED) is 0.912. The van der Waals surface area contributed by atoms with Crippen molar-refractivity contribution < 1.29 is 9.53 Å². The van der Waals surface area contributed by atoms with Crippen molar-refractivity contribution in [1.82, 2.24) is 10.2 Å². The van der Waals surface area contributed by atoms with E-state index in [2.05, 4.69) is 21.2 Å². The smallest absolute Gasteiger partial charge is 0.317 e. The predicted octanol–water partition coefficient (Wildman–Crippen LogP) is 2.55. The fourth-order valence-corrected chi connectivity index (χ4v) is 2.56. The molecule has 1 aromatic carbocycles. The Balaban J connectivity index is 2.07. The second-order valence-corrected chi connectivity index (χ2v) is 5.02. The highest BCUT2D eigenvalue weighted by atomic mass is 79.9. The summed E-state index contributed by atoms with van der Waals surface area (Å²) in [6.07, 6.45) is -0.0584. The number of nitrogens with zero attached hydrogens (tertiary/aromatic N) is 1. The van der Waals surface area contributed by atoms with E-state index in [4.69, 9.17) is 4.74 Å². The van der Waals surface area contributed by atoms with E-state index in [9.17, 15) is 4.79 Å². The van der Waals surface area contributed by atoms with E-state index < -0.39 is 0 Å². The maximum absolute atomic E-state index is 11.8. The van der Waals surface area contributed by atoms with Crippen LogP contribution in [0.5, 0.6) is 0 Å². The van der Waals surface area contributed by atoms with Crippen LogP contribution in [0.1, 0.15) is 18.6 Å². The molecule has 1 atom stereocenters. The van der Waals surface area contributed by atoms with E-state index in [0.717, 1.165) is 10.0 Å². The summed E-state index contributed by atoms with van der Waals surface area (Å²) in [4.78, 5) is 13.6. The van der Waals surface area contributed by atoms with Crippen LogP contribution in [0.4, 0.5) is 4.79 Å². The standard InChI is InChI=1S/C13H17BrN2O2/c1-2-15-13(17)16-7-8-18-12(9-16)10-5-3-4-6-11(10)14/h3-6,12H,2,7-9H2,1H3,(H,15,17). The molecule has 2 rings (SSSR count). The van der Waals surface area contributed by atoms with Gasteiger partial charge >= 0.3 is 6.03 Å². The third kappa shape index (κ3) is 3.03. The average Bonchev–Trinajstić information content (AvgIpc) is 2.40. The number of amides is 2. The van der Waals surface area contributed by atoms with Gasteiger partial charge in [0.1, 0.15) is 6.10 Å². The molecule has 18 heavy (non-hydrogen) atoms. The molecular formula is C13H17BrN2O2. The van der Waals surface area contributed by atoms with Gasteiger partial charge in [0.15, 0.2) is 0 Å². The topological polar surface area (TPSA) is 41.6 Å². The number of rotatable bonds is 2. The van der Waals surface area contributed by atoms with Crippen LogP contribution < -0.4 is 5.32 Å². The molecule has 0 saturated carbocycles. The SMILES string of the molecule is CCNC(=O)N1CCOC(c2ccccc2Br)C1. The van der Waals surface area contributed by atoms with Gasteiger partial charge in [-0.15, -0.1) is 0 Å². The molecule has 1 aliphatic heterocycles. The Kier molecular flexibility index (Phi) is 4.60. The van der Waals surface area contributed by atoms with Crippen molar-refractivity contribution in [3.8, 4) is 0 Å². The van der Waals surface area contributed by atoms with Crippen LogP contribution in [0.2, 0.25) is 0 Å². The first-order valence-electron chi connectivity index (χ1n) is 6.11. The van der Waals surface area contributed by atoms with Crippen molar-refractivity contribution in [1.29, 1.82) is 0 Å². The van der Waals surface area contributed by atoms with Crippen molar-refractivity contribution in [2.24, 2.45) is 0 Å². The number of benzene rings is 1. The van der Waals surface area contributed by atoms with Crippen molar-refractivity contribution >= 4 is 22.0 Å². The second kappa shape index (κ2) is 6.20. The van der Waals surface area contributed by atoms with Crippen LogP contribution in [0.3, 0.4) is 0 Å². The summed E-state index contributed by atoms with van der Waals surface area (Å²) in [5, 5.41) is 2.82. The molecular weight excluding hydrogens is 296 g/mol. The van der Waals surface area contributed by atoms with Crippen LogP contribution >= 0.6 is 15.9 Å². The molecule has 0 bridgehead atoms. The molecule has 1 aromatic rings. The summed E-state index contributed by atoms with van der Waals surface area (Å²) in [6.45, 7) is 4.38. The van der Waals surface area contributed by atoms with Crippen LogP contribution in [-0.2, 0) is 4.74 Å². The first kappa shape index (κ1) is 13.4. The highest BCUT2D eigenvalue weighted by Crippen LogP contribution is 2.28. The van der Waals surface area contributed by atoms with Crippen molar-refractivity contribution in [3.63, 3.8) is 0 Å². The van der Waals surface area contributed by atoms with Crippen molar-refractivity contribution in [3.05, 3.63) is 34.3 Å². The molecule has 2 amide bonds. The number of hydrogen-bond acceptors (Lipinski definition) is 2. The molecule has 0 aliphatic carbocycles. The number of nitrogens with one attached hydrogen (secondary N) is 1. The molecule has 0 radical (unpaired) electrons. The average molecular weight is 313 g/mol. The van der Waals surface area contributed by atoms with E-state index in [0.29, 0.717) is 26.2 Å². The van der Waals surface area contributed by atoms with Crippen LogP contribution in [0, 0.1) is 0 Å². The van der Waals surface area contributed by atoms with Crippen molar-refractivity contribution in [2.75, 3.05) is 26.2 Å². The van der Waals surface area contributed by atoms with Gasteiger partial charge in [0.25, 0.3) is 0 Å². The van der Waals surface area contributed by atoms with Gasteiger partial charge < -0.3 is 15.0 Å². The van der Waals surface area contributed by atoms with E-state index in [-0.39, 0.29) is 12.1 Å². The first-order valence-corrected chi connectivity index (χ1v) is 6.90. The molecule has 1 N–H and O–H groups in total. The number of morpholine rings is 1. The molecule has 1 fully saturated rings. The van der Waals surface area contributed by atoms with Gasteiger partial charge in [-0.1, -0.05) is 34.1 Å². The molecule has 0 spiro atoms. The monoisotopic (exact) mass is 312 g/mol. The van der Waals surface area contributed by atoms with Gasteiger partial charge in [0.05, 0.1) is 13.2 Å². The Morgan fingerprint density at radius 1 is 1.56 bits per heavy atom. The molecule has 5 heteroatoms. The number of halogens is 1. The summed E-state index contributed by atoms with van der Waals surface area (Å²) >= 11 is 3.52. The normalized spacial score (nSPS) is 19.7. The third-order valence-electron chi connectivity index (χ3n) is 2.93.